The minimum Gasteiger partial charge on any atom is -0.490 e. The van der Waals surface area contributed by atoms with E-state index in [1.165, 1.54) is 23.2 Å². The van der Waals surface area contributed by atoms with Gasteiger partial charge in [0.15, 0.2) is 5.03 Å². The van der Waals surface area contributed by atoms with Gasteiger partial charge < -0.3 is 28.9 Å². The zero-order valence-corrected chi connectivity index (χ0v) is 27.9. The van der Waals surface area contributed by atoms with Crippen LogP contribution in [0.5, 0.6) is 5.75 Å². The van der Waals surface area contributed by atoms with Gasteiger partial charge >= 0.3 is 0 Å². The summed E-state index contributed by atoms with van der Waals surface area (Å²) < 4.78 is 42.7. The molecule has 3 aromatic rings. The number of rotatable bonds is 8. The van der Waals surface area contributed by atoms with E-state index in [1.54, 1.807) is 55.1 Å². The van der Waals surface area contributed by atoms with E-state index in [9.17, 15) is 23.1 Å². The SMILES string of the molecule is C[C@@H]1CN([C@@H](C)CO)C(=O)c2cc(NS(=O)(=O)c3cn(C)cn3)ccc2O[C@@H](C)CCCCO[C@H]1CN(C)C(=O)c1ccccc1. The molecule has 13 heteroatoms. The fraction of sp³-hybridized carbons (Fsp3) is 0.485. The van der Waals surface area contributed by atoms with E-state index in [2.05, 4.69) is 9.71 Å². The number of imidazole rings is 1. The smallest absolute Gasteiger partial charge is 0.280 e. The summed E-state index contributed by atoms with van der Waals surface area (Å²) in [6.07, 6.45) is 4.44. The molecule has 0 saturated heterocycles. The molecule has 0 unspecified atom stereocenters. The largest absolute Gasteiger partial charge is 0.490 e. The number of aliphatic hydroxyl groups is 1. The molecule has 12 nitrogen and oxygen atoms in total. The fourth-order valence-electron chi connectivity index (χ4n) is 5.34. The highest BCUT2D eigenvalue weighted by Gasteiger charge is 2.31. The predicted octanol–water partition coefficient (Wildman–Crippen LogP) is 3.79. The van der Waals surface area contributed by atoms with Crippen molar-refractivity contribution in [3.63, 3.8) is 0 Å². The normalized spacial score (nSPS) is 20.6. The Morgan fingerprint density at radius 2 is 1.91 bits per heavy atom. The second-order valence-corrected chi connectivity index (χ2v) is 13.7. The number of ether oxygens (including phenoxy) is 2. The summed E-state index contributed by atoms with van der Waals surface area (Å²) in [7, 11) is -0.618. The highest BCUT2D eigenvalue weighted by atomic mass is 32.2. The third-order valence-corrected chi connectivity index (χ3v) is 9.35. The van der Waals surface area contributed by atoms with Gasteiger partial charge in [-0.05, 0) is 63.4 Å². The number of fused-ring (bicyclic) bond motifs is 1. The summed E-state index contributed by atoms with van der Waals surface area (Å²) >= 11 is 0. The zero-order chi connectivity index (χ0) is 33.4. The first kappa shape index (κ1) is 34.9. The molecule has 4 atom stereocenters. The molecule has 0 saturated carbocycles. The van der Waals surface area contributed by atoms with E-state index in [1.807, 2.05) is 32.0 Å². The molecule has 0 aliphatic carbocycles. The maximum absolute atomic E-state index is 14.3. The molecule has 2 aromatic carbocycles. The van der Waals surface area contributed by atoms with Gasteiger partial charge in [0.05, 0.1) is 36.7 Å². The van der Waals surface area contributed by atoms with E-state index in [0.717, 1.165) is 12.8 Å². The maximum atomic E-state index is 14.3. The summed E-state index contributed by atoms with van der Waals surface area (Å²) in [5.41, 5.74) is 0.901. The van der Waals surface area contributed by atoms with Gasteiger partial charge in [-0.15, -0.1) is 0 Å². The molecular formula is C33H45N5O7S. The average Bonchev–Trinajstić information content (AvgIpc) is 3.49. The minimum atomic E-state index is -4.02. The molecule has 250 valence electrons. The van der Waals surface area contributed by atoms with Gasteiger partial charge in [0.25, 0.3) is 21.8 Å². The summed E-state index contributed by atoms with van der Waals surface area (Å²) in [6, 6.07) is 13.1. The summed E-state index contributed by atoms with van der Waals surface area (Å²) in [6.45, 7) is 6.31. The van der Waals surface area contributed by atoms with Gasteiger partial charge in [-0.1, -0.05) is 25.1 Å². The Morgan fingerprint density at radius 1 is 1.17 bits per heavy atom. The number of anilines is 1. The van der Waals surface area contributed by atoms with E-state index < -0.39 is 28.1 Å². The van der Waals surface area contributed by atoms with Crippen LogP contribution in [0.4, 0.5) is 5.69 Å². The lowest BCUT2D eigenvalue weighted by Gasteiger charge is -2.36. The van der Waals surface area contributed by atoms with Crippen molar-refractivity contribution in [2.45, 2.75) is 63.3 Å². The first-order valence-corrected chi connectivity index (χ1v) is 17.0. The van der Waals surface area contributed by atoms with Crippen molar-refractivity contribution in [3.8, 4) is 5.75 Å². The Hall–Kier alpha value is -3.94. The molecule has 2 N–H and O–H groups in total. The minimum absolute atomic E-state index is 0.131. The van der Waals surface area contributed by atoms with E-state index in [0.29, 0.717) is 30.9 Å². The monoisotopic (exact) mass is 655 g/mol. The van der Waals surface area contributed by atoms with Crippen molar-refractivity contribution in [2.24, 2.45) is 13.0 Å². The molecule has 0 radical (unpaired) electrons. The summed E-state index contributed by atoms with van der Waals surface area (Å²) in [5, 5.41) is 10.0. The lowest BCUT2D eigenvalue weighted by molar-refractivity contribution is -0.0149. The number of aryl methyl sites for hydroxylation is 1. The van der Waals surface area contributed by atoms with Crippen LogP contribution in [0, 0.1) is 5.92 Å². The number of amides is 2. The first-order chi connectivity index (χ1) is 21.9. The predicted molar refractivity (Wildman–Crippen MR) is 174 cm³/mol. The van der Waals surface area contributed by atoms with Gasteiger partial charge in [0.2, 0.25) is 0 Å². The average molecular weight is 656 g/mol. The molecular weight excluding hydrogens is 610 g/mol. The van der Waals surface area contributed by atoms with Gasteiger partial charge in [0.1, 0.15) is 5.75 Å². The van der Waals surface area contributed by atoms with Crippen LogP contribution >= 0.6 is 0 Å². The second kappa shape index (κ2) is 15.6. The number of sulfonamides is 1. The van der Waals surface area contributed by atoms with Crippen LogP contribution in [0.2, 0.25) is 0 Å². The van der Waals surface area contributed by atoms with Crippen molar-refractivity contribution in [1.82, 2.24) is 19.4 Å². The van der Waals surface area contributed by atoms with Crippen LogP contribution < -0.4 is 9.46 Å². The Bertz CT molecular complexity index is 1580. The van der Waals surface area contributed by atoms with Crippen molar-refractivity contribution in [3.05, 3.63) is 72.2 Å². The molecule has 1 aliphatic rings. The number of hydrogen-bond acceptors (Lipinski definition) is 8. The molecule has 0 spiro atoms. The highest BCUT2D eigenvalue weighted by molar-refractivity contribution is 7.92. The van der Waals surface area contributed by atoms with E-state index in [-0.39, 0.29) is 47.4 Å². The Labute approximate surface area is 271 Å². The van der Waals surface area contributed by atoms with Crippen LogP contribution in [0.15, 0.2) is 66.1 Å². The van der Waals surface area contributed by atoms with Gasteiger partial charge in [-0.2, -0.15) is 8.42 Å². The molecule has 2 amide bonds. The Morgan fingerprint density at radius 3 is 2.59 bits per heavy atom. The second-order valence-electron chi connectivity index (χ2n) is 12.0. The Kier molecular flexibility index (Phi) is 11.8. The van der Waals surface area contributed by atoms with E-state index in [4.69, 9.17) is 9.47 Å². The van der Waals surface area contributed by atoms with Crippen molar-refractivity contribution in [2.75, 3.05) is 38.1 Å². The first-order valence-electron chi connectivity index (χ1n) is 15.5. The van der Waals surface area contributed by atoms with Crippen LogP contribution in [0.1, 0.15) is 60.7 Å². The van der Waals surface area contributed by atoms with Crippen LogP contribution in [-0.2, 0) is 21.8 Å². The van der Waals surface area contributed by atoms with Crippen LogP contribution in [0.25, 0.3) is 0 Å². The van der Waals surface area contributed by atoms with Gasteiger partial charge in [-0.25, -0.2) is 4.98 Å². The third-order valence-electron chi connectivity index (χ3n) is 8.08. The molecule has 0 bridgehead atoms. The van der Waals surface area contributed by atoms with Crippen molar-refractivity contribution >= 4 is 27.5 Å². The topological polar surface area (TPSA) is 143 Å². The number of aliphatic hydroxyl groups excluding tert-OH is 1. The molecule has 46 heavy (non-hydrogen) atoms. The van der Waals surface area contributed by atoms with Crippen molar-refractivity contribution < 1.29 is 32.6 Å². The lowest BCUT2D eigenvalue weighted by Crippen LogP contribution is -2.48. The number of likely N-dealkylation sites (N-methyl/N-ethyl adjacent to an activating group) is 1. The number of nitrogens with zero attached hydrogens (tertiary/aromatic N) is 4. The molecule has 1 aromatic heterocycles. The number of hydrogen-bond donors (Lipinski definition) is 2. The van der Waals surface area contributed by atoms with Crippen LogP contribution in [0.3, 0.4) is 0 Å². The van der Waals surface area contributed by atoms with Crippen molar-refractivity contribution in [1.29, 1.82) is 0 Å². The quantitative estimate of drug-likeness (QED) is 0.373. The number of carbonyl (C=O) groups excluding carboxylic acids is 2. The Balaban J connectivity index is 1.66. The number of nitrogens with one attached hydrogen (secondary N) is 1. The highest BCUT2D eigenvalue weighted by Crippen LogP contribution is 2.29. The molecule has 0 fully saturated rings. The number of benzene rings is 2. The van der Waals surface area contributed by atoms with Gasteiger partial charge in [0, 0.05) is 57.2 Å². The number of aromatic nitrogens is 2. The van der Waals surface area contributed by atoms with Crippen LogP contribution in [-0.4, -0.2) is 96.3 Å². The summed E-state index contributed by atoms with van der Waals surface area (Å²) in [5.74, 6) is -0.479. The summed E-state index contributed by atoms with van der Waals surface area (Å²) in [4.78, 5) is 34.6. The zero-order valence-electron chi connectivity index (χ0n) is 27.1. The third kappa shape index (κ3) is 8.86. The van der Waals surface area contributed by atoms with E-state index >= 15 is 0 Å². The maximum Gasteiger partial charge on any atom is 0.280 e. The lowest BCUT2D eigenvalue weighted by atomic mass is 10.0. The molecule has 1 aliphatic heterocycles. The standard InChI is InChI=1S/C33H45N5O7S/c1-23-18-38(24(2)21-39)33(41)28-17-27(35-46(42,43)31-20-36(4)22-34-31)14-15-29(28)45-25(3)11-9-10-16-44-30(23)19-37(5)32(40)26-12-7-6-8-13-26/h6-8,12-15,17,20,22-25,30,35,39H,9-11,16,18-19,21H2,1-5H3/t23-,24+,25+,30+/m1/s1. The number of carbonyl (C=O) groups is 2. The fourth-order valence-corrected chi connectivity index (χ4v) is 6.37. The molecule has 4 rings (SSSR count). The molecule has 2 heterocycles. The van der Waals surface area contributed by atoms with Gasteiger partial charge in [-0.3, -0.25) is 14.3 Å².